The maximum absolute atomic E-state index is 14.1. The van der Waals surface area contributed by atoms with E-state index in [0.29, 0.717) is 51.7 Å². The molecule has 5 atom stereocenters. The van der Waals surface area contributed by atoms with Crippen molar-refractivity contribution in [2.24, 2.45) is 11.8 Å². The predicted octanol–water partition coefficient (Wildman–Crippen LogP) is 8.37. The molecule has 16 heteroatoms. The van der Waals surface area contributed by atoms with Crippen LogP contribution in [0.3, 0.4) is 0 Å². The number of carbonyl (C=O) groups excluding carboxylic acids is 3. The number of benzene rings is 3. The van der Waals surface area contributed by atoms with Crippen molar-refractivity contribution >= 4 is 28.9 Å². The highest BCUT2D eigenvalue weighted by molar-refractivity contribution is 5.93. The minimum atomic E-state index is -0.692. The Labute approximate surface area is 390 Å². The van der Waals surface area contributed by atoms with Gasteiger partial charge in [0.25, 0.3) is 0 Å². The molecule has 354 valence electrons. The first-order chi connectivity index (χ1) is 32.8. The van der Waals surface area contributed by atoms with Gasteiger partial charge in [0.05, 0.1) is 50.1 Å². The third-order valence-corrected chi connectivity index (χ3v) is 14.9. The summed E-state index contributed by atoms with van der Waals surface area (Å²) in [4.78, 5) is 60.1. The number of methoxy groups -OCH3 is 2. The van der Waals surface area contributed by atoms with E-state index in [1.165, 1.54) is 19.8 Å². The molecule has 16 nitrogen and oxygen atoms in total. The number of aromatic amines is 2. The van der Waals surface area contributed by atoms with Crippen LogP contribution in [0.25, 0.3) is 33.3 Å². The Bertz CT molecular complexity index is 2580. The van der Waals surface area contributed by atoms with Gasteiger partial charge in [-0.05, 0) is 105 Å². The molecular formula is C51H62N8O8. The molecule has 5 aromatic rings. The number of H-pyrrole nitrogens is 2. The van der Waals surface area contributed by atoms with Crippen LogP contribution in [-0.4, -0.2) is 120 Å². The zero-order valence-electron chi connectivity index (χ0n) is 38.7. The molecule has 4 saturated heterocycles. The van der Waals surface area contributed by atoms with Gasteiger partial charge in [0.15, 0.2) is 0 Å². The molecule has 0 saturated carbocycles. The van der Waals surface area contributed by atoms with Crippen LogP contribution in [-0.2, 0) is 23.7 Å². The second kappa shape index (κ2) is 19.7. The highest BCUT2D eigenvalue weighted by atomic mass is 16.5. The molecule has 7 heterocycles. The Balaban J connectivity index is 0.847. The Morgan fingerprint density at radius 2 is 1.39 bits per heavy atom. The summed E-state index contributed by atoms with van der Waals surface area (Å²) >= 11 is 0. The van der Waals surface area contributed by atoms with Crippen LogP contribution >= 0.6 is 0 Å². The van der Waals surface area contributed by atoms with E-state index < -0.39 is 18.2 Å². The number of likely N-dealkylation sites (tertiary alicyclic amines) is 2. The van der Waals surface area contributed by atoms with Gasteiger partial charge in [0.2, 0.25) is 5.91 Å². The van der Waals surface area contributed by atoms with Gasteiger partial charge >= 0.3 is 12.2 Å². The first kappa shape index (κ1) is 44.8. The smallest absolute Gasteiger partial charge is 0.407 e. The zero-order valence-corrected chi connectivity index (χ0v) is 38.7. The van der Waals surface area contributed by atoms with Crippen LogP contribution in [0.4, 0.5) is 9.59 Å². The average molecular weight is 915 g/mol. The lowest BCUT2D eigenvalue weighted by Crippen LogP contribution is -2.53. The minimum Gasteiger partial charge on any atom is -0.457 e. The standard InChI is InChI=1S/C51H62N8O8/c1-4-35-37-13-10-34(39-28-53-48(55-39)42-8-6-20-59(42)49(60)46(57-51(62)64-3)31-17-23-66-24-18-31)26-44(37)67-43-14-11-32-25-33(9-12-36(32)45(35)43)38-27-52-47(54-38)41-7-5-19-58(41)29-40(56-50(61)63-2)30-15-21-65-22-16-30/h9-14,25-28,30-31,35,40-42,46H,4-8,15-24,29H2,1-3H3,(H,52,54)(H,53,55)(H,56,61)(H,57,62)/t35-,40+,41-,42-,46-/m0/s1. The monoisotopic (exact) mass is 914 g/mol. The van der Waals surface area contributed by atoms with Gasteiger partial charge in [-0.15, -0.1) is 0 Å². The summed E-state index contributed by atoms with van der Waals surface area (Å²) < 4.78 is 27.8. The number of fused-ring (bicyclic) bond motifs is 4. The maximum atomic E-state index is 14.1. The summed E-state index contributed by atoms with van der Waals surface area (Å²) in [5, 5.41) is 8.26. The molecule has 0 bridgehead atoms. The average Bonchev–Trinajstić information content (AvgIpc) is 4.23. The number of hydrogen-bond donors (Lipinski definition) is 4. The quantitative estimate of drug-likeness (QED) is 0.0943. The lowest BCUT2D eigenvalue weighted by Gasteiger charge is -2.34. The summed E-state index contributed by atoms with van der Waals surface area (Å²) in [6.45, 7) is 7.03. The Hall–Kier alpha value is -5.97. The summed E-state index contributed by atoms with van der Waals surface area (Å²) in [7, 11) is 2.74. The molecule has 4 N–H and O–H groups in total. The Morgan fingerprint density at radius 3 is 2.10 bits per heavy atom. The zero-order chi connectivity index (χ0) is 46.0. The van der Waals surface area contributed by atoms with Crippen LogP contribution in [0.2, 0.25) is 0 Å². The van der Waals surface area contributed by atoms with E-state index in [1.807, 2.05) is 17.3 Å². The normalized spacial score (nSPS) is 22.1. The van der Waals surface area contributed by atoms with E-state index in [2.05, 4.69) is 81.0 Å². The van der Waals surface area contributed by atoms with Crippen LogP contribution in [0.5, 0.6) is 11.5 Å². The van der Waals surface area contributed by atoms with E-state index in [1.54, 1.807) is 0 Å². The van der Waals surface area contributed by atoms with Crippen molar-refractivity contribution in [3.8, 4) is 34.0 Å². The molecule has 0 aliphatic carbocycles. The number of alkyl carbamates (subject to hydrolysis) is 2. The number of hydrogen-bond acceptors (Lipinski definition) is 11. The number of carbonyl (C=O) groups is 3. The van der Waals surface area contributed by atoms with Crippen molar-refractivity contribution in [1.82, 2.24) is 40.4 Å². The molecule has 2 aromatic heterocycles. The largest absolute Gasteiger partial charge is 0.457 e. The van der Waals surface area contributed by atoms with Gasteiger partial charge in [-0.3, -0.25) is 9.69 Å². The van der Waals surface area contributed by atoms with E-state index >= 15 is 0 Å². The Kier molecular flexibility index (Phi) is 13.2. The van der Waals surface area contributed by atoms with Gasteiger partial charge in [-0.1, -0.05) is 37.3 Å². The van der Waals surface area contributed by atoms with Crippen LogP contribution in [0.15, 0.2) is 60.9 Å². The van der Waals surface area contributed by atoms with E-state index in [-0.39, 0.29) is 35.9 Å². The fourth-order valence-electron chi connectivity index (χ4n) is 11.4. The molecule has 67 heavy (non-hydrogen) atoms. The van der Waals surface area contributed by atoms with Crippen molar-refractivity contribution in [3.63, 3.8) is 0 Å². The van der Waals surface area contributed by atoms with E-state index in [4.69, 9.17) is 33.7 Å². The minimum absolute atomic E-state index is 0.0259. The summed E-state index contributed by atoms with van der Waals surface area (Å²) in [6, 6.07) is 16.4. The molecule has 0 radical (unpaired) electrons. The molecule has 3 aromatic carbocycles. The summed E-state index contributed by atoms with van der Waals surface area (Å²) in [5.74, 6) is 3.66. The van der Waals surface area contributed by atoms with Crippen LogP contribution in [0.1, 0.15) is 105 Å². The fourth-order valence-corrected chi connectivity index (χ4v) is 11.4. The van der Waals surface area contributed by atoms with Crippen molar-refractivity contribution in [2.45, 2.75) is 94.8 Å². The number of amides is 3. The Morgan fingerprint density at radius 1 is 0.746 bits per heavy atom. The lowest BCUT2D eigenvalue weighted by molar-refractivity contribution is -0.136. The number of imidazole rings is 2. The molecule has 5 aliphatic heterocycles. The highest BCUT2D eigenvalue weighted by Gasteiger charge is 2.41. The third kappa shape index (κ3) is 9.10. The summed E-state index contributed by atoms with van der Waals surface area (Å²) in [6.07, 6.45) is 10.6. The maximum Gasteiger partial charge on any atom is 0.407 e. The van der Waals surface area contributed by atoms with E-state index in [0.717, 1.165) is 120 Å². The molecule has 5 aliphatic rings. The molecule has 3 amide bonds. The van der Waals surface area contributed by atoms with Crippen molar-refractivity contribution in [3.05, 3.63) is 83.7 Å². The van der Waals surface area contributed by atoms with Crippen molar-refractivity contribution in [1.29, 1.82) is 0 Å². The number of nitrogens with zero attached hydrogens (tertiary/aromatic N) is 4. The van der Waals surface area contributed by atoms with Crippen LogP contribution < -0.4 is 15.4 Å². The molecular weight excluding hydrogens is 853 g/mol. The van der Waals surface area contributed by atoms with E-state index in [9.17, 15) is 14.4 Å². The first-order valence-electron chi connectivity index (χ1n) is 24.2. The molecule has 0 unspecified atom stereocenters. The first-order valence-corrected chi connectivity index (χ1v) is 24.2. The molecule has 10 rings (SSSR count). The van der Waals surface area contributed by atoms with Crippen molar-refractivity contribution < 1.29 is 38.1 Å². The second-order valence-electron chi connectivity index (χ2n) is 18.7. The van der Waals surface area contributed by atoms with Gasteiger partial charge in [-0.2, -0.15) is 0 Å². The fraction of sp³-hybridized carbons (Fsp3) is 0.510. The van der Waals surface area contributed by atoms with Crippen LogP contribution in [0, 0.1) is 11.8 Å². The number of nitrogens with one attached hydrogen (secondary N) is 4. The van der Waals surface area contributed by atoms with Crippen molar-refractivity contribution in [2.75, 3.05) is 60.3 Å². The topological polar surface area (TPSA) is 185 Å². The highest BCUT2D eigenvalue weighted by Crippen LogP contribution is 2.50. The third-order valence-electron chi connectivity index (χ3n) is 14.9. The molecule has 4 fully saturated rings. The number of rotatable bonds is 12. The number of aromatic nitrogens is 4. The van der Waals surface area contributed by atoms with Gasteiger partial charge in [-0.25, -0.2) is 19.6 Å². The molecule has 0 spiro atoms. The van der Waals surface area contributed by atoms with Gasteiger partial charge in [0, 0.05) is 73.7 Å². The summed E-state index contributed by atoms with van der Waals surface area (Å²) in [5.41, 5.74) is 6.16. The second-order valence-corrected chi connectivity index (χ2v) is 18.7. The predicted molar refractivity (Wildman–Crippen MR) is 251 cm³/mol. The van der Waals surface area contributed by atoms with Gasteiger partial charge < -0.3 is 49.2 Å². The number of ether oxygens (including phenoxy) is 5. The van der Waals surface area contributed by atoms with Gasteiger partial charge in [0.1, 0.15) is 29.2 Å². The lowest BCUT2D eigenvalue weighted by atomic mass is 9.82. The SMILES string of the molecule is CC[C@H]1c2ccc(-c3cnc([C@@H]4CCCN4C(=O)[C@@H](NC(=O)OC)C4CCOCC4)[nH]3)cc2Oc2ccc3cc(-c4cnc([C@@H]5CCCN5C[C@@H](NC(=O)OC)C5CCOCC5)[nH]4)ccc3c21.